The first kappa shape index (κ1) is 24.6. The van der Waals surface area contributed by atoms with Crippen molar-refractivity contribution in [3.05, 3.63) is 59.7 Å². The van der Waals surface area contributed by atoms with Gasteiger partial charge in [0.1, 0.15) is 17.4 Å². The number of hydrogen-bond donors (Lipinski definition) is 5. The number of amidine groups is 2. The Labute approximate surface area is 198 Å². The van der Waals surface area contributed by atoms with Gasteiger partial charge in [-0.05, 0) is 61.4 Å². The van der Waals surface area contributed by atoms with E-state index >= 15 is 0 Å². The Morgan fingerprint density at radius 3 is 1.85 bits per heavy atom. The van der Waals surface area contributed by atoms with Gasteiger partial charge in [0.15, 0.2) is 0 Å². The molecule has 3 rings (SSSR count). The molecule has 2 aromatic carbocycles. The zero-order valence-corrected chi connectivity index (χ0v) is 19.0. The van der Waals surface area contributed by atoms with Crippen LogP contribution < -0.4 is 21.5 Å². The van der Waals surface area contributed by atoms with Gasteiger partial charge in [0, 0.05) is 49.5 Å². The molecule has 0 atom stereocenters. The number of rotatable bonds is 12. The summed E-state index contributed by atoms with van der Waals surface area (Å²) in [6.45, 7) is 3.08. The number of carbonyl (C=O) groups is 2. The summed E-state index contributed by atoms with van der Waals surface area (Å²) < 4.78 is 5.67. The Hall–Kier alpha value is -4.08. The van der Waals surface area contributed by atoms with E-state index in [1.165, 1.54) is 0 Å². The molecule has 1 saturated heterocycles. The summed E-state index contributed by atoms with van der Waals surface area (Å²) in [5, 5.41) is 18.1. The van der Waals surface area contributed by atoms with Gasteiger partial charge in [0.25, 0.3) is 0 Å². The van der Waals surface area contributed by atoms with E-state index in [0.29, 0.717) is 69.0 Å². The van der Waals surface area contributed by atoms with Crippen molar-refractivity contribution in [2.75, 3.05) is 44.6 Å². The maximum Gasteiger partial charge on any atom is 0.312 e. The molecule has 0 spiro atoms. The maximum absolute atomic E-state index is 12.5. The monoisotopic (exact) mass is 465 g/mol. The summed E-state index contributed by atoms with van der Waals surface area (Å²) in [5.74, 6) is -0.226. The first-order chi connectivity index (χ1) is 16.3. The number of nitrogen functional groups attached to an aromatic ring is 2. The van der Waals surface area contributed by atoms with Crippen molar-refractivity contribution >= 4 is 29.2 Å². The van der Waals surface area contributed by atoms with E-state index in [1.54, 1.807) is 46.2 Å². The third-order valence-corrected chi connectivity index (χ3v) is 5.53. The first-order valence-electron chi connectivity index (χ1n) is 11.2. The predicted molar refractivity (Wildman–Crippen MR) is 131 cm³/mol. The zero-order chi connectivity index (χ0) is 24.5. The van der Waals surface area contributed by atoms with E-state index in [4.69, 9.17) is 27.0 Å². The number of anilines is 1. The number of benzene rings is 2. The molecule has 34 heavy (non-hydrogen) atoms. The minimum atomic E-state index is -0.468. The number of nitrogens with two attached hydrogens (primary N) is 2. The molecule has 1 aliphatic heterocycles. The first-order valence-corrected chi connectivity index (χ1v) is 11.2. The van der Waals surface area contributed by atoms with E-state index in [2.05, 4.69) is 5.32 Å². The van der Waals surface area contributed by atoms with Gasteiger partial charge < -0.3 is 31.3 Å². The number of nitrogens with zero attached hydrogens (tertiary/aromatic N) is 2. The minimum absolute atomic E-state index is 0.00516. The molecule has 10 nitrogen and oxygen atoms in total. The second kappa shape index (κ2) is 11.7. The van der Waals surface area contributed by atoms with Crippen LogP contribution in [0.3, 0.4) is 0 Å². The molecule has 1 aliphatic rings. The highest BCUT2D eigenvalue weighted by Gasteiger charge is 2.31. The van der Waals surface area contributed by atoms with Crippen LogP contribution in [-0.4, -0.2) is 72.6 Å². The Kier molecular flexibility index (Phi) is 8.44. The largest absolute Gasteiger partial charge is 0.494 e. The lowest BCUT2D eigenvalue weighted by molar-refractivity contribution is -0.156. The number of piperazine rings is 1. The van der Waals surface area contributed by atoms with Crippen molar-refractivity contribution in [2.24, 2.45) is 11.5 Å². The molecule has 180 valence electrons. The number of hydrogen-bond acceptors (Lipinski definition) is 6. The summed E-state index contributed by atoms with van der Waals surface area (Å²) in [5.41, 5.74) is 13.1. The van der Waals surface area contributed by atoms with Crippen LogP contribution in [0.5, 0.6) is 5.75 Å². The van der Waals surface area contributed by atoms with Gasteiger partial charge in [0.2, 0.25) is 0 Å². The summed E-state index contributed by atoms with van der Waals surface area (Å²) in [4.78, 5) is 28.1. The number of carbonyl (C=O) groups excluding carboxylic acids is 2. The molecular weight excluding hydrogens is 434 g/mol. The van der Waals surface area contributed by atoms with E-state index in [1.807, 2.05) is 12.1 Å². The lowest BCUT2D eigenvalue weighted by Gasteiger charge is -2.33. The van der Waals surface area contributed by atoms with Crippen molar-refractivity contribution in [2.45, 2.75) is 12.8 Å². The fourth-order valence-corrected chi connectivity index (χ4v) is 3.59. The third-order valence-electron chi connectivity index (χ3n) is 5.53. The molecule has 10 heteroatoms. The third kappa shape index (κ3) is 6.71. The lowest BCUT2D eigenvalue weighted by atomic mass is 10.2. The second-order valence-electron chi connectivity index (χ2n) is 8.00. The Balaban J connectivity index is 1.33. The van der Waals surface area contributed by atoms with E-state index in [-0.39, 0.29) is 11.7 Å². The Bertz CT molecular complexity index is 938. The Morgan fingerprint density at radius 1 is 0.824 bits per heavy atom. The molecule has 0 aliphatic carbocycles. The highest BCUT2D eigenvalue weighted by atomic mass is 16.5. The minimum Gasteiger partial charge on any atom is -0.494 e. The van der Waals surface area contributed by atoms with Crippen molar-refractivity contribution in [3.63, 3.8) is 0 Å². The van der Waals surface area contributed by atoms with Gasteiger partial charge in [-0.25, -0.2) is 0 Å². The Morgan fingerprint density at radius 2 is 1.32 bits per heavy atom. The maximum atomic E-state index is 12.5. The summed E-state index contributed by atoms with van der Waals surface area (Å²) in [6.07, 6.45) is 1.32. The number of amides is 2. The fourth-order valence-electron chi connectivity index (χ4n) is 3.59. The van der Waals surface area contributed by atoms with Gasteiger partial charge in [-0.2, -0.15) is 0 Å². The van der Waals surface area contributed by atoms with Gasteiger partial charge in [-0.3, -0.25) is 20.4 Å². The van der Waals surface area contributed by atoms with Crippen LogP contribution in [0.1, 0.15) is 24.0 Å². The van der Waals surface area contributed by atoms with Crippen molar-refractivity contribution in [1.29, 1.82) is 10.8 Å². The summed E-state index contributed by atoms with van der Waals surface area (Å²) in [7, 11) is 0. The fraction of sp³-hybridized carbons (Fsp3) is 0.333. The molecule has 0 radical (unpaired) electrons. The van der Waals surface area contributed by atoms with Gasteiger partial charge in [-0.15, -0.1) is 0 Å². The topological polar surface area (TPSA) is 162 Å². The van der Waals surface area contributed by atoms with E-state index in [0.717, 1.165) is 5.69 Å². The van der Waals surface area contributed by atoms with Crippen LogP contribution in [0.15, 0.2) is 48.5 Å². The molecule has 2 aromatic rings. The van der Waals surface area contributed by atoms with Crippen LogP contribution in [-0.2, 0) is 9.59 Å². The zero-order valence-electron chi connectivity index (χ0n) is 19.0. The highest BCUT2D eigenvalue weighted by Crippen LogP contribution is 2.13. The quantitative estimate of drug-likeness (QED) is 0.137. The van der Waals surface area contributed by atoms with Crippen LogP contribution in [0.25, 0.3) is 0 Å². The molecule has 2 amide bonds. The average Bonchev–Trinajstić information content (AvgIpc) is 2.83. The molecule has 1 heterocycles. The van der Waals surface area contributed by atoms with Crippen molar-refractivity contribution < 1.29 is 14.3 Å². The number of ether oxygens (including phenoxy) is 1. The van der Waals surface area contributed by atoms with Gasteiger partial charge in [0.05, 0.1) is 6.61 Å². The van der Waals surface area contributed by atoms with Gasteiger partial charge in [-0.1, -0.05) is 0 Å². The number of nitrogens with one attached hydrogen (secondary N) is 3. The summed E-state index contributed by atoms with van der Waals surface area (Å²) >= 11 is 0. The second-order valence-corrected chi connectivity index (χ2v) is 8.00. The smallest absolute Gasteiger partial charge is 0.312 e. The highest BCUT2D eigenvalue weighted by molar-refractivity contribution is 6.35. The van der Waals surface area contributed by atoms with Crippen molar-refractivity contribution in [3.8, 4) is 5.75 Å². The standard InChI is InChI=1S/C24H31N7O3/c25-21(26)17-3-7-19(8-4-17)29-11-1-12-30-14-15-31(24(33)23(30)32)13-2-16-34-20-9-5-18(6-10-20)22(27)28/h3-10,29H,1-2,11-16H2,(H3,25,26)(H3,27,28). The normalized spacial score (nSPS) is 13.6. The van der Waals surface area contributed by atoms with Crippen LogP contribution in [0.2, 0.25) is 0 Å². The van der Waals surface area contributed by atoms with E-state index < -0.39 is 11.8 Å². The molecule has 0 aromatic heterocycles. The molecule has 7 N–H and O–H groups in total. The van der Waals surface area contributed by atoms with Crippen molar-refractivity contribution in [1.82, 2.24) is 9.80 Å². The van der Waals surface area contributed by atoms with E-state index in [9.17, 15) is 9.59 Å². The SMILES string of the molecule is N=C(N)c1ccc(NCCCN2CCN(CCCOc3ccc(C(=N)N)cc3)C(=O)C2=O)cc1. The summed E-state index contributed by atoms with van der Waals surface area (Å²) in [6, 6.07) is 14.2. The van der Waals surface area contributed by atoms with Gasteiger partial charge >= 0.3 is 11.8 Å². The predicted octanol–water partition coefficient (Wildman–Crippen LogP) is 1.20. The average molecular weight is 466 g/mol. The van der Waals surface area contributed by atoms with Crippen LogP contribution in [0.4, 0.5) is 5.69 Å². The molecule has 0 bridgehead atoms. The van der Waals surface area contributed by atoms with Crippen LogP contribution in [0, 0.1) is 10.8 Å². The molecule has 0 unspecified atom stereocenters. The molecule has 1 fully saturated rings. The molecular formula is C24H31N7O3. The lowest BCUT2D eigenvalue weighted by Crippen LogP contribution is -2.54. The van der Waals surface area contributed by atoms with Crippen LogP contribution >= 0.6 is 0 Å². The molecule has 0 saturated carbocycles.